The van der Waals surface area contributed by atoms with Gasteiger partial charge in [0.1, 0.15) is 0 Å². The minimum atomic E-state index is -2.62. The minimum Gasteiger partial charge on any atom is -0.407 e. The quantitative estimate of drug-likeness (QED) is 0.444. The molecule has 0 unspecified atom stereocenters. The molecule has 0 amide bonds. The lowest BCUT2D eigenvalue weighted by Crippen LogP contribution is -2.67. The van der Waals surface area contributed by atoms with Gasteiger partial charge in [0.25, 0.3) is 8.32 Å². The van der Waals surface area contributed by atoms with Crippen molar-refractivity contribution >= 4 is 18.7 Å². The molecule has 0 fully saturated rings. The Labute approximate surface area is 183 Å². The van der Waals surface area contributed by atoms with Crippen LogP contribution in [0.2, 0.25) is 5.04 Å². The first kappa shape index (κ1) is 24.5. The molecule has 0 saturated carbocycles. The van der Waals surface area contributed by atoms with Crippen molar-refractivity contribution in [3.8, 4) is 0 Å². The second kappa shape index (κ2) is 10.5. The second-order valence-corrected chi connectivity index (χ2v) is 13.7. The average Bonchev–Trinajstić information content (AvgIpc) is 2.73. The van der Waals surface area contributed by atoms with Crippen molar-refractivity contribution in [2.45, 2.75) is 58.3 Å². The van der Waals surface area contributed by atoms with E-state index in [-0.39, 0.29) is 16.9 Å². The number of aliphatic hydroxyl groups is 2. The van der Waals surface area contributed by atoms with Gasteiger partial charge in [-0.2, -0.15) is 0 Å². The van der Waals surface area contributed by atoms with Crippen LogP contribution in [0.25, 0.3) is 0 Å². The number of hydrogen-bond acceptors (Lipinski definition) is 3. The molecule has 0 aliphatic heterocycles. The van der Waals surface area contributed by atoms with Crippen LogP contribution in [0.4, 0.5) is 0 Å². The predicted molar refractivity (Wildman–Crippen MR) is 129 cm³/mol. The Bertz CT molecular complexity index is 730. The SMILES string of the molecule is C=CC[C@@H](O)[C@H](C)[C@H](O)[C@H](C)CO[Si](c1ccccc1)(c1ccccc1)C(C)(C)C. The van der Waals surface area contributed by atoms with Crippen molar-refractivity contribution < 1.29 is 14.6 Å². The summed E-state index contributed by atoms with van der Waals surface area (Å²) >= 11 is 0. The summed E-state index contributed by atoms with van der Waals surface area (Å²) < 4.78 is 6.92. The Morgan fingerprint density at radius 2 is 1.40 bits per heavy atom. The molecule has 3 nitrogen and oxygen atoms in total. The number of hydrogen-bond donors (Lipinski definition) is 2. The Hall–Kier alpha value is -1.72. The van der Waals surface area contributed by atoms with Crippen LogP contribution < -0.4 is 10.4 Å². The fraction of sp³-hybridized carbons (Fsp3) is 0.462. The molecule has 2 aromatic carbocycles. The van der Waals surface area contributed by atoms with E-state index in [2.05, 4.69) is 75.9 Å². The summed E-state index contributed by atoms with van der Waals surface area (Å²) in [5.41, 5.74) is 0. The van der Waals surface area contributed by atoms with Crippen molar-refractivity contribution in [3.63, 3.8) is 0 Å². The molecule has 0 radical (unpaired) electrons. The van der Waals surface area contributed by atoms with Crippen molar-refractivity contribution in [2.75, 3.05) is 6.61 Å². The summed E-state index contributed by atoms with van der Waals surface area (Å²) in [6, 6.07) is 21.0. The average molecular weight is 427 g/mol. The van der Waals surface area contributed by atoms with Crippen LogP contribution in [0.5, 0.6) is 0 Å². The molecule has 2 N–H and O–H groups in total. The Morgan fingerprint density at radius 3 is 1.80 bits per heavy atom. The standard InChI is InChI=1S/C26H38O3Si/c1-7-14-24(27)21(3)25(28)20(2)19-29-30(26(4,5)6,22-15-10-8-11-16-22)23-17-12-9-13-18-23/h7-13,15-18,20-21,24-25,27-28H,1,14,19H2,2-6H3/t20-,21+,24-,25-/m1/s1. The summed E-state index contributed by atoms with van der Waals surface area (Å²) in [4.78, 5) is 0. The third-order valence-corrected chi connectivity index (χ3v) is 11.1. The monoisotopic (exact) mass is 426 g/mol. The summed E-state index contributed by atoms with van der Waals surface area (Å²) in [6.07, 6.45) is 0.906. The fourth-order valence-corrected chi connectivity index (χ4v) is 8.92. The molecular formula is C26H38O3Si. The van der Waals surface area contributed by atoms with E-state index < -0.39 is 20.5 Å². The van der Waals surface area contributed by atoms with Crippen LogP contribution in [-0.2, 0) is 4.43 Å². The second-order valence-electron chi connectivity index (χ2n) is 9.39. The molecule has 2 aromatic rings. The topological polar surface area (TPSA) is 49.7 Å². The summed E-state index contributed by atoms with van der Waals surface area (Å²) in [5, 5.41) is 23.5. The van der Waals surface area contributed by atoms with Gasteiger partial charge in [-0.1, -0.05) is 101 Å². The third-order valence-electron chi connectivity index (χ3n) is 6.12. The van der Waals surface area contributed by atoms with Crippen LogP contribution >= 0.6 is 0 Å². The molecule has 4 atom stereocenters. The van der Waals surface area contributed by atoms with Crippen molar-refractivity contribution in [3.05, 3.63) is 73.3 Å². The van der Waals surface area contributed by atoms with Crippen LogP contribution in [-0.4, -0.2) is 37.3 Å². The molecule has 164 valence electrons. The summed E-state index contributed by atoms with van der Waals surface area (Å²) in [6.45, 7) is 14.7. The largest absolute Gasteiger partial charge is 0.407 e. The van der Waals surface area contributed by atoms with E-state index in [1.807, 2.05) is 26.0 Å². The Morgan fingerprint density at radius 1 is 0.933 bits per heavy atom. The maximum Gasteiger partial charge on any atom is 0.261 e. The van der Waals surface area contributed by atoms with Crippen LogP contribution in [0.15, 0.2) is 73.3 Å². The van der Waals surface area contributed by atoms with E-state index in [0.717, 1.165) is 0 Å². The molecule has 0 saturated heterocycles. The van der Waals surface area contributed by atoms with Crippen LogP contribution in [0, 0.1) is 11.8 Å². The van der Waals surface area contributed by atoms with Gasteiger partial charge in [0.05, 0.1) is 12.2 Å². The summed E-state index contributed by atoms with van der Waals surface area (Å²) in [7, 11) is -2.62. The maximum absolute atomic E-state index is 10.9. The zero-order valence-corrected chi connectivity index (χ0v) is 20.1. The summed E-state index contributed by atoms with van der Waals surface area (Å²) in [5.74, 6) is -0.359. The lowest BCUT2D eigenvalue weighted by Gasteiger charge is -2.44. The maximum atomic E-state index is 10.9. The smallest absolute Gasteiger partial charge is 0.261 e. The van der Waals surface area contributed by atoms with Gasteiger partial charge in [-0.15, -0.1) is 6.58 Å². The molecule has 0 spiro atoms. The highest BCUT2D eigenvalue weighted by atomic mass is 28.4. The van der Waals surface area contributed by atoms with Gasteiger partial charge in [0, 0.05) is 18.4 Å². The Balaban J connectivity index is 2.38. The first-order valence-corrected chi connectivity index (χ1v) is 12.8. The van der Waals surface area contributed by atoms with E-state index in [9.17, 15) is 10.2 Å². The van der Waals surface area contributed by atoms with Crippen molar-refractivity contribution in [1.82, 2.24) is 0 Å². The van der Waals surface area contributed by atoms with Gasteiger partial charge in [0.2, 0.25) is 0 Å². The highest BCUT2D eigenvalue weighted by Crippen LogP contribution is 2.37. The minimum absolute atomic E-state index is 0.103. The first-order valence-electron chi connectivity index (χ1n) is 10.9. The van der Waals surface area contributed by atoms with Crippen LogP contribution in [0.1, 0.15) is 41.0 Å². The van der Waals surface area contributed by atoms with Crippen LogP contribution in [0.3, 0.4) is 0 Å². The molecule has 30 heavy (non-hydrogen) atoms. The molecule has 4 heteroatoms. The van der Waals surface area contributed by atoms with Gasteiger partial charge in [0.15, 0.2) is 0 Å². The lowest BCUT2D eigenvalue weighted by atomic mass is 9.88. The molecule has 0 aliphatic rings. The highest BCUT2D eigenvalue weighted by molar-refractivity contribution is 6.99. The highest BCUT2D eigenvalue weighted by Gasteiger charge is 2.50. The van der Waals surface area contributed by atoms with E-state index in [0.29, 0.717) is 13.0 Å². The van der Waals surface area contributed by atoms with Gasteiger partial charge in [-0.05, 0) is 21.8 Å². The predicted octanol–water partition coefficient (Wildman–Crippen LogP) is 4.13. The van der Waals surface area contributed by atoms with E-state index >= 15 is 0 Å². The van der Waals surface area contributed by atoms with Gasteiger partial charge in [-0.25, -0.2) is 0 Å². The molecule has 0 heterocycles. The first-order chi connectivity index (χ1) is 14.1. The molecule has 0 aromatic heterocycles. The zero-order chi connectivity index (χ0) is 22.4. The molecular weight excluding hydrogens is 388 g/mol. The van der Waals surface area contributed by atoms with Gasteiger partial charge >= 0.3 is 0 Å². The van der Waals surface area contributed by atoms with Crippen molar-refractivity contribution in [2.24, 2.45) is 11.8 Å². The number of aliphatic hydroxyl groups excluding tert-OH is 2. The fourth-order valence-electron chi connectivity index (χ4n) is 4.25. The van der Waals surface area contributed by atoms with Gasteiger partial charge < -0.3 is 14.6 Å². The zero-order valence-electron chi connectivity index (χ0n) is 19.1. The normalized spacial score (nSPS) is 16.5. The lowest BCUT2D eigenvalue weighted by molar-refractivity contribution is -0.0162. The third kappa shape index (κ3) is 5.30. The van der Waals surface area contributed by atoms with E-state index in [4.69, 9.17) is 4.43 Å². The number of benzene rings is 2. The molecule has 2 rings (SSSR count). The molecule has 0 bridgehead atoms. The molecule has 0 aliphatic carbocycles. The van der Waals surface area contributed by atoms with E-state index in [1.165, 1.54) is 10.4 Å². The number of rotatable bonds is 10. The van der Waals surface area contributed by atoms with E-state index in [1.54, 1.807) is 6.08 Å². The van der Waals surface area contributed by atoms with Gasteiger partial charge in [-0.3, -0.25) is 0 Å². The Kier molecular flexibility index (Phi) is 8.62. The van der Waals surface area contributed by atoms with Crippen molar-refractivity contribution in [1.29, 1.82) is 0 Å².